The second kappa shape index (κ2) is 7.45. The van der Waals surface area contributed by atoms with Gasteiger partial charge >= 0.3 is 0 Å². The Kier molecular flexibility index (Phi) is 5.32. The van der Waals surface area contributed by atoms with Crippen LogP contribution in [0.3, 0.4) is 0 Å². The van der Waals surface area contributed by atoms with E-state index in [1.807, 2.05) is 24.3 Å². The lowest BCUT2D eigenvalue weighted by Crippen LogP contribution is -2.34. The minimum Gasteiger partial charge on any atom is -0.496 e. The van der Waals surface area contributed by atoms with Crippen LogP contribution in [0.2, 0.25) is 5.02 Å². The molecule has 1 aliphatic carbocycles. The van der Waals surface area contributed by atoms with E-state index in [0.717, 1.165) is 42.3 Å². The van der Waals surface area contributed by atoms with Crippen LogP contribution in [0.25, 0.3) is 0 Å². The Labute approximate surface area is 148 Å². The van der Waals surface area contributed by atoms with Crippen molar-refractivity contribution in [2.45, 2.75) is 38.8 Å². The van der Waals surface area contributed by atoms with Crippen LogP contribution in [0.1, 0.15) is 28.7 Å². The zero-order chi connectivity index (χ0) is 17.1. The molecular weight excluding hydrogens is 322 g/mol. The second-order valence-electron chi connectivity index (χ2n) is 6.32. The molecule has 1 aliphatic rings. The summed E-state index contributed by atoms with van der Waals surface area (Å²) >= 11 is 6.04. The van der Waals surface area contributed by atoms with Gasteiger partial charge in [-0.05, 0) is 61.6 Å². The maximum absolute atomic E-state index is 6.04. The number of halogens is 1. The lowest BCUT2D eigenvalue weighted by Gasteiger charge is -2.28. The van der Waals surface area contributed by atoms with E-state index in [0.29, 0.717) is 6.04 Å². The van der Waals surface area contributed by atoms with Crippen molar-refractivity contribution in [3.05, 3.63) is 57.6 Å². The summed E-state index contributed by atoms with van der Waals surface area (Å²) in [7, 11) is 3.46. The minimum absolute atomic E-state index is 0.439. The van der Waals surface area contributed by atoms with E-state index < -0.39 is 0 Å². The molecule has 0 spiro atoms. The summed E-state index contributed by atoms with van der Waals surface area (Å²) in [6, 6.07) is 10.5. The van der Waals surface area contributed by atoms with Crippen LogP contribution in [0, 0.1) is 6.92 Å². The van der Waals surface area contributed by atoms with Crippen LogP contribution in [0.4, 0.5) is 0 Å². The lowest BCUT2D eigenvalue weighted by molar-refractivity contribution is 0.376. The normalized spacial score (nSPS) is 16.6. The highest BCUT2D eigenvalue weighted by atomic mass is 35.5. The van der Waals surface area contributed by atoms with Crippen LogP contribution in [-0.2, 0) is 19.4 Å². The van der Waals surface area contributed by atoms with Gasteiger partial charge < -0.3 is 14.8 Å². The van der Waals surface area contributed by atoms with Gasteiger partial charge in [0.25, 0.3) is 0 Å². The number of ether oxygens (including phenoxy) is 2. The van der Waals surface area contributed by atoms with Crippen LogP contribution in [-0.4, -0.2) is 20.3 Å². The van der Waals surface area contributed by atoms with Gasteiger partial charge in [-0.15, -0.1) is 0 Å². The fourth-order valence-electron chi connectivity index (χ4n) is 3.48. The molecule has 2 aromatic rings. The molecule has 1 atom stereocenters. The number of hydrogen-bond acceptors (Lipinski definition) is 3. The van der Waals surface area contributed by atoms with Crippen LogP contribution in [0.15, 0.2) is 30.3 Å². The van der Waals surface area contributed by atoms with Gasteiger partial charge in [0.1, 0.15) is 11.5 Å². The van der Waals surface area contributed by atoms with E-state index in [2.05, 4.69) is 18.3 Å². The van der Waals surface area contributed by atoms with E-state index in [9.17, 15) is 0 Å². The van der Waals surface area contributed by atoms with E-state index in [1.54, 1.807) is 14.2 Å². The molecule has 2 aromatic carbocycles. The number of nitrogens with one attached hydrogen (secondary N) is 1. The predicted molar refractivity (Wildman–Crippen MR) is 98.4 cm³/mol. The quantitative estimate of drug-likeness (QED) is 0.875. The van der Waals surface area contributed by atoms with E-state index in [-0.39, 0.29) is 0 Å². The molecule has 0 saturated heterocycles. The SMILES string of the molecule is COc1ccc(OC)c2c1CCC(NCc1ccc(Cl)cc1C)C2. The van der Waals surface area contributed by atoms with Crippen molar-refractivity contribution < 1.29 is 9.47 Å². The molecule has 0 bridgehead atoms. The number of hydrogen-bond donors (Lipinski definition) is 1. The standard InChI is InChI=1S/C20H24ClNO2/c1-13-10-15(21)5-4-14(13)12-22-16-6-7-17-18(11-16)20(24-3)9-8-19(17)23-2/h4-5,8-10,16,22H,6-7,11-12H2,1-3H3. The van der Waals surface area contributed by atoms with Crippen molar-refractivity contribution in [3.63, 3.8) is 0 Å². The second-order valence-corrected chi connectivity index (χ2v) is 6.76. The minimum atomic E-state index is 0.439. The molecule has 1 unspecified atom stereocenters. The van der Waals surface area contributed by atoms with Gasteiger partial charge in [0.2, 0.25) is 0 Å². The Morgan fingerprint density at radius 1 is 1.08 bits per heavy atom. The highest BCUT2D eigenvalue weighted by molar-refractivity contribution is 6.30. The molecule has 128 valence electrons. The van der Waals surface area contributed by atoms with Crippen molar-refractivity contribution in [2.24, 2.45) is 0 Å². The Morgan fingerprint density at radius 2 is 1.79 bits per heavy atom. The molecule has 0 fully saturated rings. The van der Waals surface area contributed by atoms with Gasteiger partial charge in [0.15, 0.2) is 0 Å². The molecule has 0 aliphatic heterocycles. The molecule has 3 rings (SSSR count). The summed E-state index contributed by atoms with van der Waals surface area (Å²) in [4.78, 5) is 0. The Bertz CT molecular complexity index is 730. The Morgan fingerprint density at radius 3 is 2.46 bits per heavy atom. The third-order valence-electron chi connectivity index (χ3n) is 4.86. The first-order valence-electron chi connectivity index (χ1n) is 8.33. The highest BCUT2D eigenvalue weighted by Crippen LogP contribution is 2.36. The molecule has 0 heterocycles. The first-order valence-corrected chi connectivity index (χ1v) is 8.71. The van der Waals surface area contributed by atoms with Crippen molar-refractivity contribution >= 4 is 11.6 Å². The van der Waals surface area contributed by atoms with Gasteiger partial charge in [-0.1, -0.05) is 17.7 Å². The Hall–Kier alpha value is -1.71. The van der Waals surface area contributed by atoms with Crippen LogP contribution >= 0.6 is 11.6 Å². The van der Waals surface area contributed by atoms with E-state index in [4.69, 9.17) is 21.1 Å². The van der Waals surface area contributed by atoms with Crippen LogP contribution < -0.4 is 14.8 Å². The maximum atomic E-state index is 6.04. The number of benzene rings is 2. The predicted octanol–water partition coefficient (Wildman–Crippen LogP) is 4.31. The summed E-state index contributed by atoms with van der Waals surface area (Å²) in [5.74, 6) is 1.93. The average Bonchev–Trinajstić information content (AvgIpc) is 2.59. The van der Waals surface area contributed by atoms with Crippen molar-refractivity contribution in [2.75, 3.05) is 14.2 Å². The molecule has 24 heavy (non-hydrogen) atoms. The largest absolute Gasteiger partial charge is 0.496 e. The fourth-order valence-corrected chi connectivity index (χ4v) is 3.71. The summed E-state index contributed by atoms with van der Waals surface area (Å²) < 4.78 is 11.1. The third-order valence-corrected chi connectivity index (χ3v) is 5.10. The number of methoxy groups -OCH3 is 2. The third kappa shape index (κ3) is 3.52. The zero-order valence-corrected chi connectivity index (χ0v) is 15.2. The fraction of sp³-hybridized carbons (Fsp3) is 0.400. The summed E-state index contributed by atoms with van der Waals surface area (Å²) in [5, 5.41) is 4.48. The lowest BCUT2D eigenvalue weighted by atomic mass is 9.86. The zero-order valence-electron chi connectivity index (χ0n) is 14.5. The van der Waals surface area contributed by atoms with E-state index >= 15 is 0 Å². The van der Waals surface area contributed by atoms with Gasteiger partial charge in [0.05, 0.1) is 14.2 Å². The van der Waals surface area contributed by atoms with Crippen molar-refractivity contribution in [3.8, 4) is 11.5 Å². The molecule has 0 aromatic heterocycles. The summed E-state index contributed by atoms with van der Waals surface area (Å²) in [6.07, 6.45) is 3.07. The van der Waals surface area contributed by atoms with Crippen LogP contribution in [0.5, 0.6) is 11.5 Å². The van der Waals surface area contributed by atoms with E-state index in [1.165, 1.54) is 22.3 Å². The average molecular weight is 346 g/mol. The van der Waals surface area contributed by atoms with Gasteiger partial charge in [-0.25, -0.2) is 0 Å². The topological polar surface area (TPSA) is 30.5 Å². The number of fused-ring (bicyclic) bond motifs is 1. The first-order chi connectivity index (χ1) is 11.6. The maximum Gasteiger partial charge on any atom is 0.122 e. The molecule has 0 radical (unpaired) electrons. The molecule has 1 N–H and O–H groups in total. The first kappa shape index (κ1) is 17.1. The molecular formula is C20H24ClNO2. The van der Waals surface area contributed by atoms with Crippen molar-refractivity contribution in [1.82, 2.24) is 5.32 Å². The molecule has 0 saturated carbocycles. The van der Waals surface area contributed by atoms with Gasteiger partial charge in [0, 0.05) is 28.7 Å². The summed E-state index contributed by atoms with van der Waals surface area (Å²) in [6.45, 7) is 2.96. The van der Waals surface area contributed by atoms with Gasteiger partial charge in [-0.3, -0.25) is 0 Å². The number of rotatable bonds is 5. The van der Waals surface area contributed by atoms with Crippen molar-refractivity contribution in [1.29, 1.82) is 0 Å². The molecule has 3 nitrogen and oxygen atoms in total. The Balaban J connectivity index is 1.73. The monoisotopic (exact) mass is 345 g/mol. The number of aryl methyl sites for hydroxylation is 1. The van der Waals surface area contributed by atoms with Gasteiger partial charge in [-0.2, -0.15) is 0 Å². The molecule has 4 heteroatoms. The summed E-state index contributed by atoms with van der Waals surface area (Å²) in [5.41, 5.74) is 5.08. The smallest absolute Gasteiger partial charge is 0.122 e. The highest BCUT2D eigenvalue weighted by Gasteiger charge is 2.24. The molecule has 0 amide bonds.